The first-order chi connectivity index (χ1) is 13.1. The number of nitrogens with zero attached hydrogens (tertiary/aromatic N) is 2. The zero-order valence-electron chi connectivity index (χ0n) is 15.8. The third-order valence-electron chi connectivity index (χ3n) is 4.11. The summed E-state index contributed by atoms with van der Waals surface area (Å²) in [5, 5.41) is 3.08. The molecule has 0 atom stereocenters. The molecule has 0 unspecified atom stereocenters. The van der Waals surface area contributed by atoms with Crippen LogP contribution in [0.2, 0.25) is 0 Å². The lowest BCUT2D eigenvalue weighted by Crippen LogP contribution is -2.42. The average molecular weight is 386 g/mol. The zero-order chi connectivity index (χ0) is 19.3. The van der Waals surface area contributed by atoms with Crippen LogP contribution in [0.4, 0.5) is 4.79 Å². The predicted octanol–water partition coefficient (Wildman–Crippen LogP) is 3.55. The molecule has 1 heterocycles. The monoisotopic (exact) mass is 385 g/mol. The number of carbonyl (C=O) groups is 2. The van der Waals surface area contributed by atoms with Gasteiger partial charge in [0.05, 0.1) is 0 Å². The Morgan fingerprint density at radius 3 is 2.52 bits per heavy atom. The maximum atomic E-state index is 12.6. The highest BCUT2D eigenvalue weighted by Crippen LogP contribution is 2.06. The van der Waals surface area contributed by atoms with E-state index in [-0.39, 0.29) is 11.1 Å². The van der Waals surface area contributed by atoms with Gasteiger partial charge in [-0.05, 0) is 36.5 Å². The molecule has 1 aromatic carbocycles. The molecule has 0 fully saturated rings. The van der Waals surface area contributed by atoms with Crippen molar-refractivity contribution in [3.05, 3.63) is 66.0 Å². The first-order valence-corrected chi connectivity index (χ1v) is 10.2. The van der Waals surface area contributed by atoms with E-state index in [0.29, 0.717) is 25.4 Å². The van der Waals surface area contributed by atoms with Gasteiger partial charge in [0.1, 0.15) is 0 Å². The van der Waals surface area contributed by atoms with Gasteiger partial charge in [0.2, 0.25) is 0 Å². The highest BCUT2D eigenvalue weighted by atomic mass is 32.2. The number of urea groups is 1. The van der Waals surface area contributed by atoms with Crippen LogP contribution >= 0.6 is 11.8 Å². The lowest BCUT2D eigenvalue weighted by molar-refractivity contribution is -0.109. The normalized spacial score (nSPS) is 10.4. The Hall–Kier alpha value is -2.34. The Morgan fingerprint density at radius 1 is 1.04 bits per heavy atom. The number of aryl methyl sites for hydroxylation is 1. The number of rotatable bonds is 10. The number of amides is 2. The molecule has 27 heavy (non-hydrogen) atoms. The van der Waals surface area contributed by atoms with Crippen molar-refractivity contribution in [1.29, 1.82) is 0 Å². The van der Waals surface area contributed by atoms with E-state index in [1.807, 2.05) is 36.5 Å². The molecule has 0 aliphatic rings. The lowest BCUT2D eigenvalue weighted by Gasteiger charge is -2.23. The van der Waals surface area contributed by atoms with Gasteiger partial charge >= 0.3 is 6.03 Å². The zero-order valence-corrected chi connectivity index (χ0v) is 16.6. The Bertz CT molecular complexity index is 695. The third-order valence-corrected chi connectivity index (χ3v) is 4.90. The minimum Gasteiger partial charge on any atom is -0.338 e. The molecular formula is C21H27N3O2S. The van der Waals surface area contributed by atoms with E-state index in [4.69, 9.17) is 0 Å². The van der Waals surface area contributed by atoms with Crippen molar-refractivity contribution in [3.8, 4) is 0 Å². The fourth-order valence-electron chi connectivity index (χ4n) is 2.67. The fraction of sp³-hybridized carbons (Fsp3) is 0.381. The Balaban J connectivity index is 1.78. The molecule has 0 saturated heterocycles. The maximum absolute atomic E-state index is 12.6. The summed E-state index contributed by atoms with van der Waals surface area (Å²) in [5.41, 5.74) is 2.37. The van der Waals surface area contributed by atoms with Crippen molar-refractivity contribution < 1.29 is 9.59 Å². The number of carbonyl (C=O) groups excluding carboxylic acids is 2. The second-order valence-electron chi connectivity index (χ2n) is 6.26. The van der Waals surface area contributed by atoms with Gasteiger partial charge in [-0.3, -0.25) is 9.78 Å². The second-order valence-corrected chi connectivity index (χ2v) is 7.53. The van der Waals surface area contributed by atoms with E-state index in [1.165, 1.54) is 22.9 Å². The van der Waals surface area contributed by atoms with E-state index in [0.717, 1.165) is 19.3 Å². The van der Waals surface area contributed by atoms with E-state index in [2.05, 4.69) is 22.4 Å². The standard InChI is InChI=1S/C21H27N3O2S/c1-18(25)27-16-15-24(14-11-19-7-3-2-4-8-19)21(26)23-13-6-10-20-9-5-12-22-17-20/h2-5,7-9,12,17H,6,10-11,13-16H2,1H3,(H,23,26). The molecule has 0 bridgehead atoms. The molecule has 144 valence electrons. The first kappa shape index (κ1) is 21.0. The van der Waals surface area contributed by atoms with Crippen LogP contribution in [0.1, 0.15) is 24.5 Å². The number of pyridine rings is 1. The van der Waals surface area contributed by atoms with Gasteiger partial charge in [0.25, 0.3) is 0 Å². The molecule has 2 amide bonds. The van der Waals surface area contributed by atoms with Crippen LogP contribution in [0.25, 0.3) is 0 Å². The van der Waals surface area contributed by atoms with Crippen molar-refractivity contribution >= 4 is 22.9 Å². The highest BCUT2D eigenvalue weighted by Gasteiger charge is 2.13. The van der Waals surface area contributed by atoms with Gasteiger partial charge in [-0.1, -0.05) is 48.2 Å². The molecule has 0 saturated carbocycles. The summed E-state index contributed by atoms with van der Waals surface area (Å²) in [4.78, 5) is 29.6. The lowest BCUT2D eigenvalue weighted by atomic mass is 10.1. The van der Waals surface area contributed by atoms with Crippen molar-refractivity contribution in [2.45, 2.75) is 26.2 Å². The van der Waals surface area contributed by atoms with Crippen LogP contribution in [-0.2, 0) is 17.6 Å². The molecule has 2 rings (SSSR count). The van der Waals surface area contributed by atoms with Crippen molar-refractivity contribution in [3.63, 3.8) is 0 Å². The number of thioether (sulfide) groups is 1. The smallest absolute Gasteiger partial charge is 0.317 e. The largest absolute Gasteiger partial charge is 0.338 e. The van der Waals surface area contributed by atoms with E-state index in [1.54, 1.807) is 18.0 Å². The molecule has 0 aliphatic carbocycles. The van der Waals surface area contributed by atoms with Crippen LogP contribution in [0.15, 0.2) is 54.9 Å². The average Bonchev–Trinajstić information content (AvgIpc) is 2.69. The Labute approximate surface area is 165 Å². The number of aromatic nitrogens is 1. The van der Waals surface area contributed by atoms with Gasteiger partial charge < -0.3 is 10.2 Å². The van der Waals surface area contributed by atoms with Gasteiger partial charge in [0.15, 0.2) is 5.12 Å². The van der Waals surface area contributed by atoms with E-state index >= 15 is 0 Å². The number of nitrogens with one attached hydrogen (secondary N) is 1. The van der Waals surface area contributed by atoms with Gasteiger partial charge in [-0.25, -0.2) is 4.79 Å². The van der Waals surface area contributed by atoms with Crippen molar-refractivity contribution in [1.82, 2.24) is 15.2 Å². The van der Waals surface area contributed by atoms with Crippen molar-refractivity contribution in [2.24, 2.45) is 0 Å². The summed E-state index contributed by atoms with van der Waals surface area (Å²) in [6.45, 7) is 3.37. The Morgan fingerprint density at radius 2 is 1.81 bits per heavy atom. The molecule has 1 N–H and O–H groups in total. The number of benzene rings is 1. The first-order valence-electron chi connectivity index (χ1n) is 9.24. The summed E-state index contributed by atoms with van der Waals surface area (Å²) in [6, 6.07) is 14.0. The molecule has 0 spiro atoms. The van der Waals surface area contributed by atoms with Crippen LogP contribution in [0, 0.1) is 0 Å². The van der Waals surface area contributed by atoms with Crippen LogP contribution in [0.5, 0.6) is 0 Å². The summed E-state index contributed by atoms with van der Waals surface area (Å²) in [7, 11) is 0. The molecule has 0 aliphatic heterocycles. The molecule has 2 aromatic rings. The SMILES string of the molecule is CC(=O)SCCN(CCc1ccccc1)C(=O)NCCCc1cccnc1. The fourth-order valence-corrected chi connectivity index (χ4v) is 3.27. The Kier molecular flexibility index (Phi) is 9.41. The van der Waals surface area contributed by atoms with E-state index in [9.17, 15) is 9.59 Å². The second kappa shape index (κ2) is 12.1. The maximum Gasteiger partial charge on any atom is 0.317 e. The van der Waals surface area contributed by atoms with Gasteiger partial charge in [0, 0.05) is 44.7 Å². The molecule has 0 radical (unpaired) electrons. The molecule has 1 aromatic heterocycles. The predicted molar refractivity (Wildman–Crippen MR) is 111 cm³/mol. The van der Waals surface area contributed by atoms with Crippen LogP contribution < -0.4 is 5.32 Å². The minimum absolute atomic E-state index is 0.0683. The molecule has 6 heteroatoms. The minimum atomic E-state index is -0.0683. The topological polar surface area (TPSA) is 62.3 Å². The molecule has 5 nitrogen and oxygen atoms in total. The summed E-state index contributed by atoms with van der Waals surface area (Å²) in [6.07, 6.45) is 6.17. The third kappa shape index (κ3) is 8.73. The summed E-state index contributed by atoms with van der Waals surface area (Å²) in [5.74, 6) is 0.618. The highest BCUT2D eigenvalue weighted by molar-refractivity contribution is 8.13. The van der Waals surface area contributed by atoms with Crippen molar-refractivity contribution in [2.75, 3.05) is 25.4 Å². The van der Waals surface area contributed by atoms with Gasteiger partial charge in [-0.2, -0.15) is 0 Å². The quantitative estimate of drug-likeness (QED) is 0.636. The summed E-state index contributed by atoms with van der Waals surface area (Å²) >= 11 is 1.26. The summed E-state index contributed by atoms with van der Waals surface area (Å²) < 4.78 is 0. The van der Waals surface area contributed by atoms with Crippen LogP contribution in [-0.4, -0.2) is 46.4 Å². The number of hydrogen-bond acceptors (Lipinski definition) is 4. The molecular weight excluding hydrogens is 358 g/mol. The van der Waals surface area contributed by atoms with Gasteiger partial charge in [-0.15, -0.1) is 0 Å². The number of hydrogen-bond donors (Lipinski definition) is 1. The van der Waals surface area contributed by atoms with Crippen LogP contribution in [0.3, 0.4) is 0 Å². The van der Waals surface area contributed by atoms with E-state index < -0.39 is 0 Å².